The van der Waals surface area contributed by atoms with Crippen molar-refractivity contribution in [3.63, 3.8) is 0 Å². The first-order valence-corrected chi connectivity index (χ1v) is 10.4. The lowest BCUT2D eigenvalue weighted by Crippen LogP contribution is -2.47. The van der Waals surface area contributed by atoms with Crippen LogP contribution in [0.2, 0.25) is 0 Å². The molecule has 1 heterocycles. The highest BCUT2D eigenvalue weighted by Gasteiger charge is 2.29. The lowest BCUT2D eigenvalue weighted by atomic mass is 10.1. The predicted molar refractivity (Wildman–Crippen MR) is 111 cm³/mol. The molecule has 29 heavy (non-hydrogen) atoms. The third-order valence-corrected chi connectivity index (χ3v) is 5.96. The van der Waals surface area contributed by atoms with E-state index in [9.17, 15) is 17.6 Å². The minimum Gasteiger partial charge on any atom is -0.350 e. The molecule has 0 atom stereocenters. The Hall–Kier alpha value is -3.00. The van der Waals surface area contributed by atoms with Gasteiger partial charge in [0.25, 0.3) is 10.0 Å². The number of sulfonamides is 1. The molecule has 0 aliphatic rings. The van der Waals surface area contributed by atoms with Crippen LogP contribution in [0.1, 0.15) is 20.8 Å². The van der Waals surface area contributed by atoms with Crippen LogP contribution in [0.15, 0.2) is 65.8 Å². The second-order valence-corrected chi connectivity index (χ2v) is 9.47. The SMILES string of the molecule is CC(C)(C)NC(=O)CN(c1ccc(F)cc1)S(=O)(=O)c1cccc2cnccc12. The van der Waals surface area contributed by atoms with Gasteiger partial charge in [0.05, 0.1) is 10.6 Å². The number of amides is 1. The second kappa shape index (κ2) is 7.79. The Labute approximate surface area is 169 Å². The molecule has 1 aromatic heterocycles. The van der Waals surface area contributed by atoms with Crippen LogP contribution in [-0.4, -0.2) is 31.4 Å². The summed E-state index contributed by atoms with van der Waals surface area (Å²) >= 11 is 0. The molecule has 3 rings (SSSR count). The van der Waals surface area contributed by atoms with E-state index in [0.29, 0.717) is 10.8 Å². The second-order valence-electron chi connectivity index (χ2n) is 7.64. The summed E-state index contributed by atoms with van der Waals surface area (Å²) < 4.78 is 41.5. The van der Waals surface area contributed by atoms with Gasteiger partial charge in [-0.25, -0.2) is 12.8 Å². The number of hydrogen-bond donors (Lipinski definition) is 1. The fraction of sp³-hybridized carbons (Fsp3) is 0.238. The van der Waals surface area contributed by atoms with Crippen LogP contribution in [0, 0.1) is 5.82 Å². The number of rotatable bonds is 5. The Morgan fingerprint density at radius 1 is 1.10 bits per heavy atom. The first kappa shape index (κ1) is 20.7. The van der Waals surface area contributed by atoms with E-state index in [4.69, 9.17) is 0 Å². The number of aromatic nitrogens is 1. The molecule has 0 aliphatic heterocycles. The molecule has 6 nitrogen and oxygen atoms in total. The van der Waals surface area contributed by atoms with E-state index in [-0.39, 0.29) is 10.6 Å². The van der Waals surface area contributed by atoms with Gasteiger partial charge >= 0.3 is 0 Å². The molecule has 152 valence electrons. The van der Waals surface area contributed by atoms with Crippen molar-refractivity contribution in [2.45, 2.75) is 31.2 Å². The van der Waals surface area contributed by atoms with Crippen LogP contribution >= 0.6 is 0 Å². The molecule has 8 heteroatoms. The third kappa shape index (κ3) is 4.71. The Morgan fingerprint density at radius 2 is 1.79 bits per heavy atom. The highest BCUT2D eigenvalue weighted by atomic mass is 32.2. The topological polar surface area (TPSA) is 79.4 Å². The van der Waals surface area contributed by atoms with Crippen LogP contribution in [0.3, 0.4) is 0 Å². The molecule has 0 saturated carbocycles. The van der Waals surface area contributed by atoms with Gasteiger partial charge < -0.3 is 5.32 Å². The smallest absolute Gasteiger partial charge is 0.265 e. The van der Waals surface area contributed by atoms with Crippen LogP contribution in [0.25, 0.3) is 10.8 Å². The Balaban J connectivity index is 2.11. The van der Waals surface area contributed by atoms with Gasteiger partial charge in [-0.3, -0.25) is 14.1 Å². The van der Waals surface area contributed by atoms with Gasteiger partial charge in [0.2, 0.25) is 5.91 Å². The number of nitrogens with one attached hydrogen (secondary N) is 1. The summed E-state index contributed by atoms with van der Waals surface area (Å²) in [5.41, 5.74) is -0.332. The molecule has 1 amide bonds. The number of nitrogens with zero attached hydrogens (tertiary/aromatic N) is 2. The number of carbonyl (C=O) groups is 1. The molecule has 0 fully saturated rings. The van der Waals surface area contributed by atoms with E-state index in [2.05, 4.69) is 10.3 Å². The highest BCUT2D eigenvalue weighted by Crippen LogP contribution is 2.29. The Morgan fingerprint density at radius 3 is 2.45 bits per heavy atom. The number of carbonyl (C=O) groups excluding carboxylic acids is 1. The van der Waals surface area contributed by atoms with Crippen LogP contribution in [0.4, 0.5) is 10.1 Å². The van der Waals surface area contributed by atoms with Crippen molar-refractivity contribution in [1.29, 1.82) is 0 Å². The maximum atomic E-state index is 13.6. The van der Waals surface area contributed by atoms with Gasteiger partial charge in [-0.05, 0) is 57.2 Å². The van der Waals surface area contributed by atoms with E-state index in [1.807, 2.05) is 0 Å². The standard InChI is InChI=1S/C21H22FN3O3S/c1-21(2,3)24-20(26)14-25(17-9-7-16(22)8-10-17)29(27,28)19-6-4-5-15-13-23-12-11-18(15)19/h4-13H,14H2,1-3H3,(H,24,26). The molecular weight excluding hydrogens is 393 g/mol. The lowest BCUT2D eigenvalue weighted by molar-refractivity contribution is -0.121. The average Bonchev–Trinajstić information content (AvgIpc) is 2.65. The summed E-state index contributed by atoms with van der Waals surface area (Å²) in [6.07, 6.45) is 3.08. The molecule has 1 N–H and O–H groups in total. The zero-order valence-electron chi connectivity index (χ0n) is 16.4. The molecule has 2 aromatic carbocycles. The lowest BCUT2D eigenvalue weighted by Gasteiger charge is -2.27. The summed E-state index contributed by atoms with van der Waals surface area (Å²) in [4.78, 5) is 16.6. The van der Waals surface area contributed by atoms with E-state index in [1.165, 1.54) is 24.4 Å². The van der Waals surface area contributed by atoms with Crippen molar-refractivity contribution >= 4 is 32.4 Å². The number of benzene rings is 2. The van der Waals surface area contributed by atoms with Gasteiger partial charge in [0.1, 0.15) is 12.4 Å². The van der Waals surface area contributed by atoms with E-state index in [0.717, 1.165) is 16.4 Å². The summed E-state index contributed by atoms with van der Waals surface area (Å²) in [5.74, 6) is -0.964. The normalized spacial score (nSPS) is 12.0. The molecule has 3 aromatic rings. The van der Waals surface area contributed by atoms with Crippen molar-refractivity contribution in [1.82, 2.24) is 10.3 Å². The first-order chi connectivity index (χ1) is 13.6. The van der Waals surface area contributed by atoms with Crippen molar-refractivity contribution in [2.75, 3.05) is 10.8 Å². The van der Waals surface area contributed by atoms with E-state index >= 15 is 0 Å². The number of halogens is 1. The summed E-state index contributed by atoms with van der Waals surface area (Å²) in [6, 6.07) is 11.5. The van der Waals surface area contributed by atoms with Crippen LogP contribution in [-0.2, 0) is 14.8 Å². The van der Waals surface area contributed by atoms with Crippen molar-refractivity contribution < 1.29 is 17.6 Å². The molecule has 0 radical (unpaired) electrons. The van der Waals surface area contributed by atoms with Crippen molar-refractivity contribution in [3.05, 3.63) is 66.7 Å². The number of hydrogen-bond acceptors (Lipinski definition) is 4. The summed E-state index contributed by atoms with van der Waals surface area (Å²) in [5, 5.41) is 3.91. The van der Waals surface area contributed by atoms with Gasteiger partial charge in [-0.2, -0.15) is 0 Å². The first-order valence-electron chi connectivity index (χ1n) is 9.00. The van der Waals surface area contributed by atoms with Crippen molar-refractivity contribution in [2.24, 2.45) is 0 Å². The monoisotopic (exact) mass is 415 g/mol. The molecular formula is C21H22FN3O3S. The maximum Gasteiger partial charge on any atom is 0.265 e. The largest absolute Gasteiger partial charge is 0.350 e. The summed E-state index contributed by atoms with van der Waals surface area (Å²) in [6.45, 7) is 4.98. The molecule has 0 saturated heterocycles. The fourth-order valence-corrected chi connectivity index (χ4v) is 4.59. The fourth-order valence-electron chi connectivity index (χ4n) is 2.95. The Bertz CT molecular complexity index is 1130. The highest BCUT2D eigenvalue weighted by molar-refractivity contribution is 7.93. The zero-order valence-corrected chi connectivity index (χ0v) is 17.2. The van der Waals surface area contributed by atoms with E-state index in [1.54, 1.807) is 45.2 Å². The molecule has 0 bridgehead atoms. The van der Waals surface area contributed by atoms with E-state index < -0.39 is 33.8 Å². The van der Waals surface area contributed by atoms with Crippen LogP contribution in [0.5, 0.6) is 0 Å². The third-order valence-electron chi connectivity index (χ3n) is 4.13. The summed E-state index contributed by atoms with van der Waals surface area (Å²) in [7, 11) is -4.12. The van der Waals surface area contributed by atoms with Crippen molar-refractivity contribution in [3.8, 4) is 0 Å². The number of anilines is 1. The average molecular weight is 415 g/mol. The van der Waals surface area contributed by atoms with Gasteiger partial charge in [-0.1, -0.05) is 12.1 Å². The van der Waals surface area contributed by atoms with Gasteiger partial charge in [-0.15, -0.1) is 0 Å². The molecule has 0 unspecified atom stereocenters. The number of fused-ring (bicyclic) bond motifs is 1. The van der Waals surface area contributed by atoms with Gasteiger partial charge in [0.15, 0.2) is 0 Å². The minimum atomic E-state index is -4.12. The maximum absolute atomic E-state index is 13.6. The molecule has 0 spiro atoms. The quantitative estimate of drug-likeness (QED) is 0.692. The molecule has 0 aliphatic carbocycles. The zero-order chi connectivity index (χ0) is 21.2. The van der Waals surface area contributed by atoms with Crippen LogP contribution < -0.4 is 9.62 Å². The number of pyridine rings is 1. The predicted octanol–water partition coefficient (Wildman–Crippen LogP) is 3.48. The van der Waals surface area contributed by atoms with Gasteiger partial charge in [0, 0.05) is 28.7 Å². The minimum absolute atomic E-state index is 0.0466. The Kier molecular flexibility index (Phi) is 5.57.